The van der Waals surface area contributed by atoms with Crippen LogP contribution in [0.25, 0.3) is 0 Å². The van der Waals surface area contributed by atoms with E-state index >= 15 is 0 Å². The van der Waals surface area contributed by atoms with E-state index in [4.69, 9.17) is 11.6 Å². The summed E-state index contributed by atoms with van der Waals surface area (Å²) in [5.74, 6) is -1.66. The molecule has 0 aliphatic rings. The molecule has 2 aromatic rings. The second-order valence-electron chi connectivity index (χ2n) is 4.91. The first-order valence-corrected chi connectivity index (χ1v) is 7.20. The van der Waals surface area contributed by atoms with Gasteiger partial charge in [-0.3, -0.25) is 0 Å². The van der Waals surface area contributed by atoms with Gasteiger partial charge in [0.1, 0.15) is 0 Å². The van der Waals surface area contributed by atoms with E-state index in [1.165, 1.54) is 11.6 Å². The molecule has 0 radical (unpaired) electrons. The number of benzene rings is 2. The van der Waals surface area contributed by atoms with Crippen LogP contribution in [0.5, 0.6) is 0 Å². The van der Waals surface area contributed by atoms with Crippen molar-refractivity contribution in [1.29, 1.82) is 0 Å². The second-order valence-corrected chi connectivity index (χ2v) is 5.44. The van der Waals surface area contributed by atoms with E-state index in [0.29, 0.717) is 12.0 Å². The Bertz CT molecular complexity index is 564. The summed E-state index contributed by atoms with van der Waals surface area (Å²) in [6, 6.07) is 12.1. The molecule has 0 bridgehead atoms. The summed E-state index contributed by atoms with van der Waals surface area (Å²) in [5.41, 5.74) is 2.98. The van der Waals surface area contributed by atoms with Crippen molar-refractivity contribution in [1.82, 2.24) is 0 Å². The smallest absolute Gasteiger partial charge is 0.159 e. The molecule has 3 heteroatoms. The van der Waals surface area contributed by atoms with Gasteiger partial charge in [-0.25, -0.2) is 8.78 Å². The van der Waals surface area contributed by atoms with E-state index in [-0.39, 0.29) is 5.38 Å². The largest absolute Gasteiger partial charge is 0.204 e. The molecule has 0 N–H and O–H groups in total. The first-order chi connectivity index (χ1) is 9.60. The molecule has 20 heavy (non-hydrogen) atoms. The first-order valence-electron chi connectivity index (χ1n) is 6.77. The third-order valence-corrected chi connectivity index (χ3v) is 3.69. The van der Waals surface area contributed by atoms with Crippen LogP contribution in [0.15, 0.2) is 42.5 Å². The summed E-state index contributed by atoms with van der Waals surface area (Å²) < 4.78 is 26.0. The maximum absolute atomic E-state index is 13.2. The summed E-state index contributed by atoms with van der Waals surface area (Å²) in [5, 5.41) is -0.240. The maximum atomic E-state index is 13.2. The molecule has 0 aliphatic carbocycles. The molecule has 0 heterocycles. The highest BCUT2D eigenvalue weighted by molar-refractivity contribution is 6.20. The topological polar surface area (TPSA) is 0 Å². The highest BCUT2D eigenvalue weighted by Gasteiger charge is 2.11. The van der Waals surface area contributed by atoms with E-state index in [2.05, 4.69) is 19.1 Å². The highest BCUT2D eigenvalue weighted by Crippen LogP contribution is 2.26. The highest BCUT2D eigenvalue weighted by atomic mass is 35.5. The van der Waals surface area contributed by atoms with Gasteiger partial charge in [-0.2, -0.15) is 0 Å². The Hall–Kier alpha value is -1.41. The zero-order chi connectivity index (χ0) is 14.5. The molecule has 0 spiro atoms. The van der Waals surface area contributed by atoms with Gasteiger partial charge in [0.15, 0.2) is 11.6 Å². The summed E-state index contributed by atoms with van der Waals surface area (Å²) in [6.45, 7) is 2.14. The van der Waals surface area contributed by atoms with Crippen LogP contribution < -0.4 is 0 Å². The lowest BCUT2D eigenvalue weighted by atomic mass is 10.0. The summed E-state index contributed by atoms with van der Waals surface area (Å²) in [6.07, 6.45) is 2.64. The van der Waals surface area contributed by atoms with Crippen LogP contribution >= 0.6 is 11.6 Å². The van der Waals surface area contributed by atoms with E-state index in [1.54, 1.807) is 6.07 Å². The van der Waals surface area contributed by atoms with Crippen molar-refractivity contribution < 1.29 is 8.78 Å². The summed E-state index contributed by atoms with van der Waals surface area (Å²) in [4.78, 5) is 0. The molecule has 1 atom stereocenters. The Kier molecular flexibility index (Phi) is 5.13. The SMILES string of the molecule is CCCc1ccc(C(Cl)Cc2ccc(F)c(F)c2)cc1. The van der Waals surface area contributed by atoms with E-state index in [0.717, 1.165) is 24.5 Å². The number of hydrogen-bond acceptors (Lipinski definition) is 0. The Balaban J connectivity index is 2.06. The second kappa shape index (κ2) is 6.85. The van der Waals surface area contributed by atoms with Crippen molar-refractivity contribution >= 4 is 11.6 Å². The molecule has 2 rings (SSSR count). The predicted molar refractivity (Wildman–Crippen MR) is 79.1 cm³/mol. The van der Waals surface area contributed by atoms with Crippen LogP contribution in [-0.2, 0) is 12.8 Å². The Morgan fingerprint density at radius 3 is 2.20 bits per heavy atom. The zero-order valence-electron chi connectivity index (χ0n) is 11.4. The van der Waals surface area contributed by atoms with E-state index in [1.807, 2.05) is 12.1 Å². The zero-order valence-corrected chi connectivity index (χ0v) is 12.1. The molecule has 0 saturated heterocycles. The number of hydrogen-bond donors (Lipinski definition) is 0. The number of aryl methyl sites for hydroxylation is 1. The van der Waals surface area contributed by atoms with Crippen molar-refractivity contribution in [2.75, 3.05) is 0 Å². The lowest BCUT2D eigenvalue weighted by Gasteiger charge is -2.11. The third kappa shape index (κ3) is 3.80. The number of rotatable bonds is 5. The molecule has 106 valence electrons. The van der Waals surface area contributed by atoms with Crippen molar-refractivity contribution in [3.05, 3.63) is 70.8 Å². The standard InChI is InChI=1S/C17H17ClF2/c1-2-3-12-4-7-14(8-5-12)15(18)10-13-6-9-16(19)17(20)11-13/h4-9,11,15H,2-3,10H2,1H3. The van der Waals surface area contributed by atoms with Crippen LogP contribution in [-0.4, -0.2) is 0 Å². The van der Waals surface area contributed by atoms with E-state index < -0.39 is 11.6 Å². The van der Waals surface area contributed by atoms with Gasteiger partial charge in [0, 0.05) is 0 Å². The van der Waals surface area contributed by atoms with Gasteiger partial charge in [-0.15, -0.1) is 11.6 Å². The Morgan fingerprint density at radius 2 is 1.60 bits per heavy atom. The van der Waals surface area contributed by atoms with Crippen molar-refractivity contribution in [2.45, 2.75) is 31.6 Å². The Morgan fingerprint density at radius 1 is 0.950 bits per heavy atom. The van der Waals surface area contributed by atoms with Gasteiger partial charge in [0.05, 0.1) is 5.38 Å². The van der Waals surface area contributed by atoms with E-state index in [9.17, 15) is 8.78 Å². The van der Waals surface area contributed by atoms with Crippen molar-refractivity contribution in [3.8, 4) is 0 Å². The monoisotopic (exact) mass is 294 g/mol. The van der Waals surface area contributed by atoms with Gasteiger partial charge in [0.2, 0.25) is 0 Å². The minimum Gasteiger partial charge on any atom is -0.204 e. The molecule has 0 nitrogen and oxygen atoms in total. The average molecular weight is 295 g/mol. The van der Waals surface area contributed by atoms with Crippen LogP contribution in [0.4, 0.5) is 8.78 Å². The molecule has 0 saturated carbocycles. The minimum atomic E-state index is -0.830. The molecule has 0 aromatic heterocycles. The maximum Gasteiger partial charge on any atom is 0.159 e. The molecular weight excluding hydrogens is 278 g/mol. The third-order valence-electron chi connectivity index (χ3n) is 3.28. The molecule has 1 unspecified atom stereocenters. The summed E-state index contributed by atoms with van der Waals surface area (Å²) >= 11 is 6.35. The average Bonchev–Trinajstić information content (AvgIpc) is 2.44. The fourth-order valence-electron chi connectivity index (χ4n) is 2.17. The van der Waals surface area contributed by atoms with Gasteiger partial charge in [-0.05, 0) is 41.7 Å². The molecule has 0 amide bonds. The van der Waals surface area contributed by atoms with Gasteiger partial charge >= 0.3 is 0 Å². The number of halogens is 3. The van der Waals surface area contributed by atoms with Gasteiger partial charge < -0.3 is 0 Å². The normalized spacial score (nSPS) is 12.4. The number of alkyl halides is 1. The van der Waals surface area contributed by atoms with Crippen LogP contribution in [0.1, 0.15) is 35.4 Å². The van der Waals surface area contributed by atoms with Crippen molar-refractivity contribution in [3.63, 3.8) is 0 Å². The Labute approximate surface area is 123 Å². The molecule has 0 aliphatic heterocycles. The fraction of sp³-hybridized carbons (Fsp3) is 0.294. The lowest BCUT2D eigenvalue weighted by Crippen LogP contribution is -1.98. The lowest BCUT2D eigenvalue weighted by molar-refractivity contribution is 0.507. The first kappa shape index (κ1) is 15.0. The van der Waals surface area contributed by atoms with Crippen LogP contribution in [0, 0.1) is 11.6 Å². The van der Waals surface area contributed by atoms with Gasteiger partial charge in [0.25, 0.3) is 0 Å². The summed E-state index contributed by atoms with van der Waals surface area (Å²) in [7, 11) is 0. The quantitative estimate of drug-likeness (QED) is 0.644. The predicted octanol–water partition coefficient (Wildman–Crippen LogP) is 5.44. The minimum absolute atomic E-state index is 0.240. The molecular formula is C17H17ClF2. The molecule has 2 aromatic carbocycles. The van der Waals surface area contributed by atoms with Crippen molar-refractivity contribution in [2.24, 2.45) is 0 Å². The fourth-order valence-corrected chi connectivity index (χ4v) is 2.50. The van der Waals surface area contributed by atoms with Crippen LogP contribution in [0.3, 0.4) is 0 Å². The van der Waals surface area contributed by atoms with Gasteiger partial charge in [-0.1, -0.05) is 43.7 Å². The molecule has 0 fully saturated rings. The van der Waals surface area contributed by atoms with Crippen LogP contribution in [0.2, 0.25) is 0 Å².